The summed E-state index contributed by atoms with van der Waals surface area (Å²) in [6, 6.07) is 1.14. The summed E-state index contributed by atoms with van der Waals surface area (Å²) in [6.45, 7) is 9.67. The molecule has 0 aromatic heterocycles. The number of carbonyl (C=O) groups is 1. The zero-order valence-electron chi connectivity index (χ0n) is 13.2. The fourth-order valence-corrected chi connectivity index (χ4v) is 3.37. The molecule has 0 aliphatic carbocycles. The summed E-state index contributed by atoms with van der Waals surface area (Å²) in [5.41, 5.74) is 0. The molecule has 0 spiro atoms. The molecule has 0 aromatic rings. The molecule has 2 saturated heterocycles. The Morgan fingerprint density at radius 2 is 1.95 bits per heavy atom. The van der Waals surface area contributed by atoms with Crippen LogP contribution in [0.2, 0.25) is 0 Å². The molecule has 1 unspecified atom stereocenters. The highest BCUT2D eigenvalue weighted by atomic mass is 16.2. The fourth-order valence-electron chi connectivity index (χ4n) is 3.37. The fraction of sp³-hybridized carbons (Fsp3) is 0.938. The first-order valence-corrected chi connectivity index (χ1v) is 8.42. The van der Waals surface area contributed by atoms with Gasteiger partial charge >= 0.3 is 0 Å². The largest absolute Gasteiger partial charge is 0.341 e. The predicted molar refractivity (Wildman–Crippen MR) is 82.8 cm³/mol. The summed E-state index contributed by atoms with van der Waals surface area (Å²) in [5.74, 6) is 0.361. The van der Waals surface area contributed by atoms with Crippen LogP contribution in [0.4, 0.5) is 0 Å². The first-order valence-electron chi connectivity index (χ1n) is 8.42. The highest BCUT2D eigenvalue weighted by molar-refractivity contribution is 5.76. The summed E-state index contributed by atoms with van der Waals surface area (Å²) in [6.07, 6.45) is 6.79. The molecule has 4 nitrogen and oxygen atoms in total. The summed E-state index contributed by atoms with van der Waals surface area (Å²) in [7, 11) is 0. The van der Waals surface area contributed by atoms with Gasteiger partial charge in [0.2, 0.25) is 5.91 Å². The summed E-state index contributed by atoms with van der Waals surface area (Å²) < 4.78 is 0. The van der Waals surface area contributed by atoms with Gasteiger partial charge in [-0.2, -0.15) is 0 Å². The average Bonchev–Trinajstić information content (AvgIpc) is 2.97. The molecule has 2 fully saturated rings. The van der Waals surface area contributed by atoms with Gasteiger partial charge in [0, 0.05) is 31.6 Å². The van der Waals surface area contributed by atoms with Crippen molar-refractivity contribution in [3.8, 4) is 0 Å². The van der Waals surface area contributed by atoms with Gasteiger partial charge in [-0.25, -0.2) is 0 Å². The third-order valence-electron chi connectivity index (χ3n) is 4.53. The van der Waals surface area contributed by atoms with Crippen LogP contribution < -0.4 is 5.32 Å². The number of nitrogens with one attached hydrogen (secondary N) is 1. The van der Waals surface area contributed by atoms with Crippen LogP contribution in [0.1, 0.15) is 52.4 Å². The summed E-state index contributed by atoms with van der Waals surface area (Å²) >= 11 is 0. The van der Waals surface area contributed by atoms with E-state index in [0.29, 0.717) is 24.4 Å². The van der Waals surface area contributed by atoms with Crippen molar-refractivity contribution in [1.29, 1.82) is 0 Å². The Bertz CT molecular complexity index is 300. The molecule has 0 bridgehead atoms. The molecule has 2 rings (SSSR count). The lowest BCUT2D eigenvalue weighted by atomic mass is 10.0. The van der Waals surface area contributed by atoms with Crippen LogP contribution in [-0.2, 0) is 4.79 Å². The Kier molecular flexibility index (Phi) is 6.30. The van der Waals surface area contributed by atoms with E-state index in [9.17, 15) is 4.79 Å². The van der Waals surface area contributed by atoms with Crippen molar-refractivity contribution in [1.82, 2.24) is 15.1 Å². The SMILES string of the molecule is CC(C)NCCCC(=O)N1CCCC(N2CCCC2)C1. The number of hydrogen-bond donors (Lipinski definition) is 1. The molecule has 1 atom stereocenters. The smallest absolute Gasteiger partial charge is 0.222 e. The molecular weight excluding hydrogens is 250 g/mol. The molecule has 20 heavy (non-hydrogen) atoms. The number of piperidine rings is 1. The minimum absolute atomic E-state index is 0.361. The number of nitrogens with zero attached hydrogens (tertiary/aromatic N) is 2. The average molecular weight is 281 g/mol. The van der Waals surface area contributed by atoms with Gasteiger partial charge in [0.15, 0.2) is 0 Å². The first kappa shape index (κ1) is 15.8. The molecule has 2 heterocycles. The second-order valence-corrected chi connectivity index (χ2v) is 6.59. The Labute approximate surface area is 123 Å². The van der Waals surface area contributed by atoms with Crippen LogP contribution in [0.15, 0.2) is 0 Å². The van der Waals surface area contributed by atoms with Crippen LogP contribution in [-0.4, -0.2) is 60.5 Å². The van der Waals surface area contributed by atoms with Crippen LogP contribution in [0.25, 0.3) is 0 Å². The van der Waals surface area contributed by atoms with E-state index in [1.807, 2.05) is 0 Å². The third kappa shape index (κ3) is 4.74. The van der Waals surface area contributed by atoms with Gasteiger partial charge in [0.1, 0.15) is 0 Å². The monoisotopic (exact) mass is 281 g/mol. The zero-order chi connectivity index (χ0) is 14.4. The molecule has 0 radical (unpaired) electrons. The van der Waals surface area contributed by atoms with E-state index in [4.69, 9.17) is 0 Å². The molecular formula is C16H31N3O. The van der Waals surface area contributed by atoms with Crippen molar-refractivity contribution < 1.29 is 4.79 Å². The predicted octanol–water partition coefficient (Wildman–Crippen LogP) is 1.85. The van der Waals surface area contributed by atoms with Crippen LogP contribution in [0.5, 0.6) is 0 Å². The summed E-state index contributed by atoms with van der Waals surface area (Å²) in [5, 5.41) is 3.38. The maximum atomic E-state index is 12.3. The van der Waals surface area contributed by atoms with Gasteiger partial charge in [0.05, 0.1) is 0 Å². The van der Waals surface area contributed by atoms with Crippen molar-refractivity contribution in [2.24, 2.45) is 0 Å². The standard InChI is InChI=1S/C16H31N3O/c1-14(2)17-9-5-8-16(20)19-12-6-7-15(13-19)18-10-3-4-11-18/h14-15,17H,3-13H2,1-2H3. The maximum Gasteiger partial charge on any atom is 0.222 e. The number of hydrogen-bond acceptors (Lipinski definition) is 3. The van der Waals surface area contributed by atoms with Gasteiger partial charge in [0.25, 0.3) is 0 Å². The van der Waals surface area contributed by atoms with Crippen molar-refractivity contribution >= 4 is 5.91 Å². The number of carbonyl (C=O) groups excluding carboxylic acids is 1. The van der Waals surface area contributed by atoms with Gasteiger partial charge in [-0.05, 0) is 51.7 Å². The highest BCUT2D eigenvalue weighted by Crippen LogP contribution is 2.20. The van der Waals surface area contributed by atoms with E-state index in [1.54, 1.807) is 0 Å². The highest BCUT2D eigenvalue weighted by Gasteiger charge is 2.28. The lowest BCUT2D eigenvalue weighted by Gasteiger charge is -2.37. The Morgan fingerprint density at radius 3 is 2.65 bits per heavy atom. The Balaban J connectivity index is 1.69. The number of amides is 1. The van der Waals surface area contributed by atoms with Gasteiger partial charge in [-0.1, -0.05) is 13.8 Å². The minimum atomic E-state index is 0.361. The zero-order valence-corrected chi connectivity index (χ0v) is 13.2. The molecule has 4 heteroatoms. The van der Waals surface area contributed by atoms with Crippen LogP contribution in [0.3, 0.4) is 0 Å². The number of rotatable bonds is 6. The molecule has 1 N–H and O–H groups in total. The van der Waals surface area contributed by atoms with Crippen molar-refractivity contribution in [3.05, 3.63) is 0 Å². The maximum absolute atomic E-state index is 12.3. The minimum Gasteiger partial charge on any atom is -0.341 e. The van der Waals surface area contributed by atoms with E-state index in [2.05, 4.69) is 29.0 Å². The first-order chi connectivity index (χ1) is 9.66. The lowest BCUT2D eigenvalue weighted by molar-refractivity contribution is -0.133. The molecule has 2 aliphatic rings. The van der Waals surface area contributed by atoms with Gasteiger partial charge < -0.3 is 10.2 Å². The van der Waals surface area contributed by atoms with E-state index in [1.165, 1.54) is 38.8 Å². The Hall–Kier alpha value is -0.610. The molecule has 1 amide bonds. The van der Waals surface area contributed by atoms with Crippen molar-refractivity contribution in [2.75, 3.05) is 32.7 Å². The molecule has 0 aromatic carbocycles. The molecule has 2 aliphatic heterocycles. The van der Waals surface area contributed by atoms with E-state index in [0.717, 1.165) is 26.1 Å². The Morgan fingerprint density at radius 1 is 1.20 bits per heavy atom. The molecule has 0 saturated carbocycles. The lowest BCUT2D eigenvalue weighted by Crippen LogP contribution is -2.49. The third-order valence-corrected chi connectivity index (χ3v) is 4.53. The van der Waals surface area contributed by atoms with E-state index >= 15 is 0 Å². The van der Waals surface area contributed by atoms with E-state index < -0.39 is 0 Å². The van der Waals surface area contributed by atoms with Crippen LogP contribution in [0, 0.1) is 0 Å². The normalized spacial score (nSPS) is 24.6. The second-order valence-electron chi connectivity index (χ2n) is 6.59. The summed E-state index contributed by atoms with van der Waals surface area (Å²) in [4.78, 5) is 17.0. The van der Waals surface area contributed by atoms with Gasteiger partial charge in [-0.15, -0.1) is 0 Å². The topological polar surface area (TPSA) is 35.6 Å². The van der Waals surface area contributed by atoms with Crippen molar-refractivity contribution in [2.45, 2.75) is 64.5 Å². The van der Waals surface area contributed by atoms with E-state index in [-0.39, 0.29) is 0 Å². The molecule has 116 valence electrons. The van der Waals surface area contributed by atoms with Crippen molar-refractivity contribution in [3.63, 3.8) is 0 Å². The number of likely N-dealkylation sites (tertiary alicyclic amines) is 2. The quantitative estimate of drug-likeness (QED) is 0.755. The second kappa shape index (κ2) is 7.99. The van der Waals surface area contributed by atoms with Gasteiger partial charge in [-0.3, -0.25) is 9.69 Å². The van der Waals surface area contributed by atoms with Crippen LogP contribution >= 0.6 is 0 Å².